The fraction of sp³-hybridized carbons (Fsp3) is 0.276. The van der Waals surface area contributed by atoms with Gasteiger partial charge in [-0.1, -0.05) is 48.5 Å². The molecule has 2 atom stereocenters. The van der Waals surface area contributed by atoms with Crippen LogP contribution in [0.25, 0.3) is 10.9 Å². The molecule has 0 saturated heterocycles. The fourth-order valence-corrected chi connectivity index (χ4v) is 3.96. The summed E-state index contributed by atoms with van der Waals surface area (Å²) in [7, 11) is 0. The van der Waals surface area contributed by atoms with E-state index in [2.05, 4.69) is 47.6 Å². The Morgan fingerprint density at radius 1 is 1.00 bits per heavy atom. The number of hydrogen-bond donors (Lipinski definition) is 2. The van der Waals surface area contributed by atoms with Gasteiger partial charge in [0.15, 0.2) is 0 Å². The van der Waals surface area contributed by atoms with E-state index in [9.17, 15) is 4.79 Å². The predicted molar refractivity (Wildman–Crippen MR) is 136 cm³/mol. The van der Waals surface area contributed by atoms with Crippen LogP contribution in [0, 0.1) is 6.92 Å². The summed E-state index contributed by atoms with van der Waals surface area (Å²) < 4.78 is 12.0. The van der Waals surface area contributed by atoms with E-state index in [1.165, 1.54) is 5.56 Å². The molecule has 0 fully saturated rings. The van der Waals surface area contributed by atoms with E-state index in [-0.39, 0.29) is 18.6 Å². The van der Waals surface area contributed by atoms with Crippen LogP contribution in [-0.2, 0) is 11.2 Å². The number of ether oxygens (including phenoxy) is 2. The van der Waals surface area contributed by atoms with Crippen molar-refractivity contribution < 1.29 is 14.3 Å². The van der Waals surface area contributed by atoms with Gasteiger partial charge in [0.2, 0.25) is 0 Å². The average molecular weight is 457 g/mol. The second kappa shape index (κ2) is 11.5. The molecule has 176 valence electrons. The zero-order valence-corrected chi connectivity index (χ0v) is 19.8. The Morgan fingerprint density at radius 3 is 2.50 bits per heavy atom. The topological polar surface area (TPSA) is 63.4 Å². The molecular weight excluding hydrogens is 424 g/mol. The Labute approximate surface area is 201 Å². The third-order valence-corrected chi connectivity index (χ3v) is 5.89. The molecule has 0 aliphatic heterocycles. The highest BCUT2D eigenvalue weighted by atomic mass is 16.6. The zero-order valence-electron chi connectivity index (χ0n) is 19.8. The zero-order chi connectivity index (χ0) is 23.8. The maximum absolute atomic E-state index is 12.7. The molecule has 0 radical (unpaired) electrons. The van der Waals surface area contributed by atoms with Gasteiger partial charge in [0.05, 0.1) is 5.56 Å². The Hall–Kier alpha value is -3.57. The number of aromatic nitrogens is 1. The molecule has 0 amide bonds. The van der Waals surface area contributed by atoms with Crippen LogP contribution in [-0.4, -0.2) is 36.3 Å². The van der Waals surface area contributed by atoms with Gasteiger partial charge in [-0.2, -0.15) is 0 Å². The monoisotopic (exact) mass is 456 g/mol. The van der Waals surface area contributed by atoms with E-state index in [4.69, 9.17) is 9.47 Å². The number of carbonyl (C=O) groups excluding carboxylic acids is 1. The highest BCUT2D eigenvalue weighted by Crippen LogP contribution is 2.27. The summed E-state index contributed by atoms with van der Waals surface area (Å²) in [6, 6.07) is 25.9. The van der Waals surface area contributed by atoms with Crippen molar-refractivity contribution >= 4 is 16.9 Å². The smallest absolute Gasteiger partial charge is 0.338 e. The van der Waals surface area contributed by atoms with E-state index in [1.807, 2.05) is 49.5 Å². The minimum atomic E-state index is -0.429. The second-order valence-electron chi connectivity index (χ2n) is 8.74. The summed E-state index contributed by atoms with van der Waals surface area (Å²) in [6.07, 6.45) is 3.46. The maximum Gasteiger partial charge on any atom is 0.338 e. The third kappa shape index (κ3) is 6.49. The van der Waals surface area contributed by atoms with E-state index in [0.29, 0.717) is 12.1 Å². The number of hydrogen-bond acceptors (Lipinski definition) is 4. The van der Waals surface area contributed by atoms with Gasteiger partial charge in [-0.3, -0.25) is 0 Å². The van der Waals surface area contributed by atoms with Gasteiger partial charge < -0.3 is 19.8 Å². The molecule has 0 spiro atoms. The molecule has 3 aromatic carbocycles. The normalized spacial score (nSPS) is 12.9. The summed E-state index contributed by atoms with van der Waals surface area (Å²) in [5.74, 6) is 0.443. The van der Waals surface area contributed by atoms with Crippen LogP contribution in [0.15, 0.2) is 85.1 Å². The van der Waals surface area contributed by atoms with E-state index in [0.717, 1.165) is 35.1 Å². The Kier molecular flexibility index (Phi) is 7.99. The highest BCUT2D eigenvalue weighted by Gasteiger charge is 2.19. The standard InChI is InChI=1S/C29H32N2O3/c1-21-17-27-26(15-16-30-27)28(18-21)33-20-25(34-29(32)24-11-7-4-8-12-24)19-31-22(2)13-14-23-9-5-3-6-10-23/h3-12,15-18,22,25,30-31H,13-14,19-20H2,1-2H3. The molecule has 0 aliphatic rings. The van der Waals surface area contributed by atoms with Crippen LogP contribution < -0.4 is 10.1 Å². The quantitative estimate of drug-likeness (QED) is 0.285. The number of aryl methyl sites for hydroxylation is 2. The van der Waals surface area contributed by atoms with Crippen LogP contribution >= 0.6 is 0 Å². The van der Waals surface area contributed by atoms with Crippen LogP contribution in [0.2, 0.25) is 0 Å². The molecule has 34 heavy (non-hydrogen) atoms. The van der Waals surface area contributed by atoms with Gasteiger partial charge in [-0.05, 0) is 68.1 Å². The van der Waals surface area contributed by atoms with Gasteiger partial charge in [-0.15, -0.1) is 0 Å². The number of nitrogens with one attached hydrogen (secondary N) is 2. The molecule has 1 aromatic heterocycles. The number of rotatable bonds is 11. The van der Waals surface area contributed by atoms with Crippen molar-refractivity contribution in [2.24, 2.45) is 0 Å². The van der Waals surface area contributed by atoms with Crippen molar-refractivity contribution in [3.05, 3.63) is 102 Å². The number of esters is 1. The van der Waals surface area contributed by atoms with Gasteiger partial charge in [0.25, 0.3) is 0 Å². The Bertz CT molecular complexity index is 1190. The molecule has 4 aromatic rings. The first kappa shape index (κ1) is 23.6. The molecule has 4 rings (SSSR count). The molecule has 2 unspecified atom stereocenters. The van der Waals surface area contributed by atoms with E-state index < -0.39 is 6.10 Å². The van der Waals surface area contributed by atoms with Crippen molar-refractivity contribution in [3.63, 3.8) is 0 Å². The van der Waals surface area contributed by atoms with Crippen molar-refractivity contribution in [1.82, 2.24) is 10.3 Å². The number of carbonyl (C=O) groups is 1. The van der Waals surface area contributed by atoms with Crippen LogP contribution in [0.3, 0.4) is 0 Å². The Balaban J connectivity index is 1.39. The van der Waals surface area contributed by atoms with Gasteiger partial charge in [0, 0.05) is 29.7 Å². The number of H-pyrrole nitrogens is 1. The molecule has 2 N–H and O–H groups in total. The minimum absolute atomic E-state index is 0.265. The lowest BCUT2D eigenvalue weighted by molar-refractivity contribution is 0.0172. The number of aromatic amines is 1. The molecule has 0 saturated carbocycles. The fourth-order valence-electron chi connectivity index (χ4n) is 3.96. The highest BCUT2D eigenvalue weighted by molar-refractivity contribution is 5.89. The number of benzene rings is 3. The van der Waals surface area contributed by atoms with Crippen molar-refractivity contribution in [2.45, 2.75) is 38.8 Å². The summed E-state index contributed by atoms with van der Waals surface area (Å²) in [5.41, 5.74) is 3.99. The first-order valence-corrected chi connectivity index (χ1v) is 11.8. The maximum atomic E-state index is 12.7. The van der Waals surface area contributed by atoms with Gasteiger partial charge in [0.1, 0.15) is 18.5 Å². The van der Waals surface area contributed by atoms with E-state index in [1.54, 1.807) is 12.1 Å². The Morgan fingerprint density at radius 2 is 1.74 bits per heavy atom. The average Bonchev–Trinajstić information content (AvgIpc) is 3.34. The summed E-state index contributed by atoms with van der Waals surface area (Å²) in [5, 5.41) is 4.54. The van der Waals surface area contributed by atoms with Gasteiger partial charge in [-0.25, -0.2) is 4.79 Å². The van der Waals surface area contributed by atoms with Crippen molar-refractivity contribution in [3.8, 4) is 5.75 Å². The summed E-state index contributed by atoms with van der Waals surface area (Å²) in [6.45, 7) is 4.97. The first-order valence-electron chi connectivity index (χ1n) is 11.8. The SMILES string of the molecule is Cc1cc(OCC(CNC(C)CCc2ccccc2)OC(=O)c2ccccc2)c2cc[nH]c2c1. The van der Waals surface area contributed by atoms with Crippen molar-refractivity contribution in [2.75, 3.05) is 13.2 Å². The van der Waals surface area contributed by atoms with E-state index >= 15 is 0 Å². The lowest BCUT2D eigenvalue weighted by atomic mass is 10.1. The molecule has 0 aliphatic carbocycles. The molecular formula is C29H32N2O3. The van der Waals surface area contributed by atoms with Crippen LogP contribution in [0.5, 0.6) is 5.75 Å². The van der Waals surface area contributed by atoms with Crippen LogP contribution in [0.4, 0.5) is 0 Å². The van der Waals surface area contributed by atoms with Crippen molar-refractivity contribution in [1.29, 1.82) is 0 Å². The second-order valence-corrected chi connectivity index (χ2v) is 8.74. The third-order valence-electron chi connectivity index (χ3n) is 5.89. The predicted octanol–water partition coefficient (Wildman–Crippen LogP) is 5.69. The molecule has 1 heterocycles. The first-order chi connectivity index (χ1) is 16.6. The van der Waals surface area contributed by atoms with Gasteiger partial charge >= 0.3 is 5.97 Å². The number of fused-ring (bicyclic) bond motifs is 1. The minimum Gasteiger partial charge on any atom is -0.489 e. The summed E-state index contributed by atoms with van der Waals surface area (Å²) in [4.78, 5) is 16.0. The molecule has 5 heteroatoms. The molecule has 0 bridgehead atoms. The lowest BCUT2D eigenvalue weighted by Gasteiger charge is -2.22. The lowest BCUT2D eigenvalue weighted by Crippen LogP contribution is -2.39. The largest absolute Gasteiger partial charge is 0.489 e. The van der Waals surface area contributed by atoms with Crippen LogP contribution in [0.1, 0.15) is 34.8 Å². The summed E-state index contributed by atoms with van der Waals surface area (Å²) >= 11 is 0. The molecule has 5 nitrogen and oxygen atoms in total.